The molecule has 2 heterocycles. The van der Waals surface area contributed by atoms with Crippen LogP contribution in [0.3, 0.4) is 0 Å². The zero-order valence-corrected chi connectivity index (χ0v) is 19.0. The molecule has 1 aliphatic rings. The number of hydrogen-bond acceptors (Lipinski definition) is 6. The summed E-state index contributed by atoms with van der Waals surface area (Å²) < 4.78 is 7.50. The molecule has 1 N–H and O–H groups in total. The van der Waals surface area contributed by atoms with Gasteiger partial charge in [0.05, 0.1) is 34.9 Å². The van der Waals surface area contributed by atoms with Crippen LogP contribution in [0.15, 0.2) is 53.7 Å². The van der Waals surface area contributed by atoms with Gasteiger partial charge >= 0.3 is 0 Å². The maximum Gasteiger partial charge on any atom is 0.237 e. The predicted octanol–water partition coefficient (Wildman–Crippen LogP) is 4.19. The van der Waals surface area contributed by atoms with Gasteiger partial charge in [-0.05, 0) is 43.7 Å². The summed E-state index contributed by atoms with van der Waals surface area (Å²) in [6.07, 6.45) is 0. The maximum absolute atomic E-state index is 12.8. The van der Waals surface area contributed by atoms with Gasteiger partial charge in [0, 0.05) is 13.1 Å². The van der Waals surface area contributed by atoms with Crippen LogP contribution >= 0.6 is 23.4 Å². The van der Waals surface area contributed by atoms with Crippen molar-refractivity contribution in [2.75, 3.05) is 36.5 Å². The van der Waals surface area contributed by atoms with Crippen LogP contribution in [0.5, 0.6) is 0 Å². The highest BCUT2D eigenvalue weighted by molar-refractivity contribution is 8.00. The van der Waals surface area contributed by atoms with Crippen molar-refractivity contribution in [3.05, 3.63) is 59.1 Å². The molecule has 9 heteroatoms. The topological polar surface area (TPSA) is 72.3 Å². The Bertz CT molecular complexity index is 1070. The quantitative estimate of drug-likeness (QED) is 0.560. The zero-order chi connectivity index (χ0) is 21.8. The van der Waals surface area contributed by atoms with E-state index in [4.69, 9.17) is 16.3 Å². The first-order valence-electron chi connectivity index (χ1n) is 10.1. The normalized spacial score (nSPS) is 15.0. The third-order valence-electron chi connectivity index (χ3n) is 4.95. The molecule has 162 valence electrons. The number of benzene rings is 2. The molecule has 0 radical (unpaired) electrons. The van der Waals surface area contributed by atoms with Gasteiger partial charge in [0.25, 0.3) is 0 Å². The number of anilines is 2. The number of hydrogen-bond donors (Lipinski definition) is 1. The molecule has 1 fully saturated rings. The molecule has 1 aromatic heterocycles. The molecule has 0 bridgehead atoms. The van der Waals surface area contributed by atoms with E-state index in [0.29, 0.717) is 29.1 Å². The standard InChI is InChI=1S/C22H24ClN5O2S/c1-15-6-5-7-17(14-15)28-21(27-10-12-30-13-11-27)25-26-22(28)31-16(2)20(29)24-19-9-4-3-8-18(19)23/h3-9,14,16H,10-13H2,1-2H3,(H,24,29). The van der Waals surface area contributed by atoms with E-state index in [9.17, 15) is 4.79 Å². The zero-order valence-electron chi connectivity index (χ0n) is 17.4. The number of nitrogens with zero attached hydrogens (tertiary/aromatic N) is 4. The van der Waals surface area contributed by atoms with Crippen molar-refractivity contribution in [3.63, 3.8) is 0 Å². The van der Waals surface area contributed by atoms with Crippen molar-refractivity contribution in [2.24, 2.45) is 0 Å². The average Bonchev–Trinajstić information content (AvgIpc) is 3.19. The number of nitrogens with one attached hydrogen (secondary N) is 1. The summed E-state index contributed by atoms with van der Waals surface area (Å²) in [4.78, 5) is 15.0. The summed E-state index contributed by atoms with van der Waals surface area (Å²) in [7, 11) is 0. The van der Waals surface area contributed by atoms with E-state index in [0.717, 1.165) is 30.3 Å². The van der Waals surface area contributed by atoms with Crippen molar-refractivity contribution in [1.29, 1.82) is 0 Å². The lowest BCUT2D eigenvalue weighted by molar-refractivity contribution is -0.115. The van der Waals surface area contributed by atoms with Gasteiger partial charge in [-0.2, -0.15) is 0 Å². The van der Waals surface area contributed by atoms with Crippen molar-refractivity contribution < 1.29 is 9.53 Å². The van der Waals surface area contributed by atoms with Crippen LogP contribution in [0, 0.1) is 6.92 Å². The Labute approximate surface area is 190 Å². The minimum Gasteiger partial charge on any atom is -0.378 e. The van der Waals surface area contributed by atoms with Crippen LogP contribution in [0.25, 0.3) is 5.69 Å². The van der Waals surface area contributed by atoms with Gasteiger partial charge in [0.15, 0.2) is 5.16 Å². The molecule has 0 saturated carbocycles. The minimum absolute atomic E-state index is 0.148. The highest BCUT2D eigenvalue weighted by atomic mass is 35.5. The van der Waals surface area contributed by atoms with E-state index in [1.807, 2.05) is 35.8 Å². The molecule has 0 aliphatic carbocycles. The first-order valence-corrected chi connectivity index (χ1v) is 11.4. The van der Waals surface area contributed by atoms with Crippen LogP contribution in [-0.4, -0.2) is 52.2 Å². The number of morpholine rings is 1. The van der Waals surface area contributed by atoms with Crippen molar-refractivity contribution >= 4 is 40.9 Å². The molecule has 7 nitrogen and oxygen atoms in total. The number of para-hydroxylation sites is 1. The van der Waals surface area contributed by atoms with E-state index in [2.05, 4.69) is 39.5 Å². The lowest BCUT2D eigenvalue weighted by atomic mass is 10.2. The second kappa shape index (κ2) is 9.72. The van der Waals surface area contributed by atoms with Gasteiger partial charge in [-0.15, -0.1) is 10.2 Å². The second-order valence-electron chi connectivity index (χ2n) is 7.29. The number of rotatable bonds is 6. The SMILES string of the molecule is Cc1cccc(-n2c(SC(C)C(=O)Nc3ccccc3Cl)nnc2N2CCOCC2)c1. The lowest BCUT2D eigenvalue weighted by Gasteiger charge is -2.28. The molecule has 1 unspecified atom stereocenters. The molecule has 4 rings (SSSR count). The Balaban J connectivity index is 1.60. The van der Waals surface area contributed by atoms with E-state index in [-0.39, 0.29) is 5.91 Å². The van der Waals surface area contributed by atoms with Crippen LogP contribution in [0.4, 0.5) is 11.6 Å². The number of aromatic nitrogens is 3. The van der Waals surface area contributed by atoms with E-state index < -0.39 is 5.25 Å². The number of amides is 1. The number of thioether (sulfide) groups is 1. The van der Waals surface area contributed by atoms with Crippen molar-refractivity contribution in [2.45, 2.75) is 24.3 Å². The summed E-state index contributed by atoms with van der Waals surface area (Å²) in [5, 5.41) is 12.6. The summed E-state index contributed by atoms with van der Waals surface area (Å²) in [6.45, 7) is 6.70. The highest BCUT2D eigenvalue weighted by Gasteiger charge is 2.25. The molecule has 0 spiro atoms. The van der Waals surface area contributed by atoms with Gasteiger partial charge in [0.1, 0.15) is 0 Å². The fraction of sp³-hybridized carbons (Fsp3) is 0.318. The molecular formula is C22H24ClN5O2S. The van der Waals surface area contributed by atoms with Gasteiger partial charge in [-0.3, -0.25) is 9.36 Å². The fourth-order valence-electron chi connectivity index (χ4n) is 3.31. The molecule has 1 saturated heterocycles. The third-order valence-corrected chi connectivity index (χ3v) is 6.33. The number of carbonyl (C=O) groups excluding carboxylic acids is 1. The minimum atomic E-state index is -0.401. The molecule has 1 amide bonds. The van der Waals surface area contributed by atoms with Crippen molar-refractivity contribution in [1.82, 2.24) is 14.8 Å². The number of aryl methyl sites for hydroxylation is 1. The Morgan fingerprint density at radius 3 is 2.68 bits per heavy atom. The fourth-order valence-corrected chi connectivity index (χ4v) is 4.35. The van der Waals surface area contributed by atoms with Gasteiger partial charge in [0.2, 0.25) is 11.9 Å². The summed E-state index contributed by atoms with van der Waals surface area (Å²) in [6, 6.07) is 15.4. The molecule has 1 aliphatic heterocycles. The number of halogens is 1. The Morgan fingerprint density at radius 1 is 1.16 bits per heavy atom. The largest absolute Gasteiger partial charge is 0.378 e. The lowest BCUT2D eigenvalue weighted by Crippen LogP contribution is -2.38. The average molecular weight is 458 g/mol. The molecule has 31 heavy (non-hydrogen) atoms. The molecular weight excluding hydrogens is 434 g/mol. The Morgan fingerprint density at radius 2 is 1.94 bits per heavy atom. The first kappa shape index (κ1) is 21.7. The summed E-state index contributed by atoms with van der Waals surface area (Å²) in [5.41, 5.74) is 2.70. The van der Waals surface area contributed by atoms with E-state index in [1.54, 1.807) is 12.1 Å². The Kier molecular flexibility index (Phi) is 6.80. The van der Waals surface area contributed by atoms with Gasteiger partial charge in [-0.25, -0.2) is 0 Å². The monoisotopic (exact) mass is 457 g/mol. The third kappa shape index (κ3) is 5.03. The maximum atomic E-state index is 12.8. The van der Waals surface area contributed by atoms with Crippen molar-refractivity contribution in [3.8, 4) is 5.69 Å². The van der Waals surface area contributed by atoms with E-state index >= 15 is 0 Å². The number of carbonyl (C=O) groups is 1. The molecule has 1 atom stereocenters. The molecule has 3 aromatic rings. The van der Waals surface area contributed by atoms with Crippen LogP contribution in [-0.2, 0) is 9.53 Å². The predicted molar refractivity (Wildman–Crippen MR) is 125 cm³/mol. The smallest absolute Gasteiger partial charge is 0.237 e. The van der Waals surface area contributed by atoms with Gasteiger partial charge in [-0.1, -0.05) is 47.6 Å². The van der Waals surface area contributed by atoms with Gasteiger partial charge < -0.3 is 15.0 Å². The van der Waals surface area contributed by atoms with E-state index in [1.165, 1.54) is 11.8 Å². The highest BCUT2D eigenvalue weighted by Crippen LogP contribution is 2.31. The summed E-state index contributed by atoms with van der Waals surface area (Å²) >= 11 is 7.54. The van der Waals surface area contributed by atoms with Crippen LogP contribution < -0.4 is 10.2 Å². The molecule has 2 aromatic carbocycles. The Hall–Kier alpha value is -2.55. The first-order chi connectivity index (χ1) is 15.0. The van der Waals surface area contributed by atoms with Crippen LogP contribution in [0.2, 0.25) is 5.02 Å². The van der Waals surface area contributed by atoms with Crippen LogP contribution in [0.1, 0.15) is 12.5 Å². The second-order valence-corrected chi connectivity index (χ2v) is 9.00. The number of ether oxygens (including phenoxy) is 1. The summed E-state index contributed by atoms with van der Waals surface area (Å²) in [5.74, 6) is 0.611.